The zero-order chi connectivity index (χ0) is 34.1. The van der Waals surface area contributed by atoms with E-state index in [4.69, 9.17) is 37.1 Å². The van der Waals surface area contributed by atoms with Crippen LogP contribution in [0.2, 0.25) is 0 Å². The summed E-state index contributed by atoms with van der Waals surface area (Å²) >= 11 is 0. The molecule has 19 nitrogen and oxygen atoms in total. The molecule has 0 bridgehead atoms. The first-order valence-electron chi connectivity index (χ1n) is 15.6. The maximum Gasteiger partial charge on any atom is 0.254 e. The monoisotopic (exact) mass is 664 g/mol. The molecule has 0 aromatic carbocycles. The number of hydrogen-bond acceptors (Lipinski definition) is 16. The lowest BCUT2D eigenvalue weighted by Crippen LogP contribution is -2.71. The molecule has 0 aromatic rings. The molecule has 2 aliphatic heterocycles. The van der Waals surface area contributed by atoms with Crippen molar-refractivity contribution < 1.29 is 54.8 Å². The minimum atomic E-state index is -1.93. The van der Waals surface area contributed by atoms with Gasteiger partial charge in [0.1, 0.15) is 36.1 Å². The van der Waals surface area contributed by atoms with Gasteiger partial charge in [0, 0.05) is 24.9 Å². The number of guanidine groups is 1. The zero-order valence-corrected chi connectivity index (χ0v) is 26.1. The molecule has 2 aliphatic carbocycles. The van der Waals surface area contributed by atoms with Crippen molar-refractivity contribution in [3.63, 3.8) is 0 Å². The van der Waals surface area contributed by atoms with Crippen molar-refractivity contribution in [3.05, 3.63) is 0 Å². The van der Waals surface area contributed by atoms with Crippen molar-refractivity contribution in [1.82, 2.24) is 16.0 Å². The fourth-order valence-corrected chi connectivity index (χ4v) is 6.81. The molecular weight excluding hydrogens is 612 g/mol. The molecule has 46 heavy (non-hydrogen) atoms. The Morgan fingerprint density at radius 1 is 1.07 bits per heavy atom. The molecule has 1 amide bonds. The van der Waals surface area contributed by atoms with Crippen molar-refractivity contribution in [1.29, 1.82) is 0 Å². The highest BCUT2D eigenvalue weighted by Gasteiger charge is 2.62. The summed E-state index contributed by atoms with van der Waals surface area (Å²) in [5, 5.41) is 85.3. The number of rotatable bonds is 12. The molecule has 266 valence electrons. The predicted molar refractivity (Wildman–Crippen MR) is 160 cm³/mol. The van der Waals surface area contributed by atoms with Gasteiger partial charge in [0.2, 0.25) is 0 Å². The molecule has 2 saturated heterocycles. The lowest BCUT2D eigenvalue weighted by molar-refractivity contribution is -0.303. The van der Waals surface area contributed by atoms with E-state index >= 15 is 0 Å². The van der Waals surface area contributed by atoms with Crippen LogP contribution in [-0.2, 0) is 19.0 Å². The van der Waals surface area contributed by atoms with Crippen molar-refractivity contribution in [2.24, 2.45) is 33.8 Å². The lowest BCUT2D eigenvalue weighted by Gasteiger charge is -2.52. The second-order valence-electron chi connectivity index (χ2n) is 13.1. The van der Waals surface area contributed by atoms with Crippen LogP contribution in [0.4, 0.5) is 0 Å². The Labute approximate surface area is 266 Å². The Morgan fingerprint density at radius 2 is 1.76 bits per heavy atom. The standard InChI is InChI=1S/C27H52N8O11/c1-26(42)9-44-23(19(40)22(26)32-2)46-20-11(34-24(41)27(43)7-13(27)35-25(30)31)6-10(29)14(16(20)37)21-18(39)17(38)15(36)12(45-21)8-33-5-3-4-28/h10-23,32-33,36-40,42-43H,3-9,28-29H2,1-2H3,(H,34,41)(H4,30,31,35)/t10-,11+,12+,13?,14?,15+,16-,17-,18+,19+,20-,21+,22+,23+,26-,27?/m0/s1. The summed E-state index contributed by atoms with van der Waals surface area (Å²) in [6.07, 6.45) is -12.4. The summed E-state index contributed by atoms with van der Waals surface area (Å²) in [5.74, 6) is -2.28. The number of nitrogens with zero attached hydrogens (tertiary/aromatic N) is 1. The fraction of sp³-hybridized carbons (Fsp3) is 0.926. The average Bonchev–Trinajstić information content (AvgIpc) is 3.64. The SMILES string of the molecule is CN[C@@H]1[C@@H](O)[C@@H](O[C@H]2[C@H](NC(=O)C3(O)CC3N=C(N)N)C[C@H](N)C([C@H]3O[C@H](CNCCCN)[C@@H](O)[C@H](O)[C@H]3O)[C@@H]2O)OC[C@]1(C)O. The van der Waals surface area contributed by atoms with Gasteiger partial charge in [-0.15, -0.1) is 0 Å². The molecule has 0 spiro atoms. The highest BCUT2D eigenvalue weighted by atomic mass is 16.7. The first kappa shape index (κ1) is 37.0. The second kappa shape index (κ2) is 14.7. The number of aliphatic hydroxyl groups excluding tert-OH is 5. The van der Waals surface area contributed by atoms with Gasteiger partial charge in [-0.1, -0.05) is 0 Å². The van der Waals surface area contributed by atoms with Crippen LogP contribution in [0, 0.1) is 5.92 Å². The molecule has 2 saturated carbocycles. The molecule has 19 heteroatoms. The summed E-state index contributed by atoms with van der Waals surface area (Å²) in [4.78, 5) is 17.1. The first-order chi connectivity index (χ1) is 21.6. The minimum absolute atomic E-state index is 0.0569. The second-order valence-corrected chi connectivity index (χ2v) is 13.1. The van der Waals surface area contributed by atoms with Crippen LogP contribution in [0.15, 0.2) is 4.99 Å². The van der Waals surface area contributed by atoms with Crippen LogP contribution >= 0.6 is 0 Å². The van der Waals surface area contributed by atoms with Crippen molar-refractivity contribution in [3.8, 4) is 0 Å². The number of nitrogens with two attached hydrogens (primary N) is 4. The van der Waals surface area contributed by atoms with E-state index in [0.29, 0.717) is 19.5 Å². The van der Waals surface area contributed by atoms with E-state index in [2.05, 4.69) is 20.9 Å². The molecule has 0 radical (unpaired) electrons. The quantitative estimate of drug-likeness (QED) is 0.0523. The Bertz CT molecular complexity index is 1070. The number of aliphatic hydroxyl groups is 7. The maximum atomic E-state index is 13.2. The third-order valence-corrected chi connectivity index (χ3v) is 9.52. The number of amides is 1. The summed E-state index contributed by atoms with van der Waals surface area (Å²) in [7, 11) is 1.53. The van der Waals surface area contributed by atoms with E-state index in [-0.39, 0.29) is 32.0 Å². The van der Waals surface area contributed by atoms with Crippen molar-refractivity contribution >= 4 is 11.9 Å². The highest BCUT2D eigenvalue weighted by molar-refractivity contribution is 5.90. The fourth-order valence-electron chi connectivity index (χ4n) is 6.81. The normalized spacial score (nSPS) is 47.6. The zero-order valence-electron chi connectivity index (χ0n) is 26.1. The van der Waals surface area contributed by atoms with Crippen LogP contribution in [0.25, 0.3) is 0 Å². The average molecular weight is 665 g/mol. The number of likely N-dealkylation sites (N-methyl/N-ethyl adjacent to an activating group) is 1. The van der Waals surface area contributed by atoms with Crippen LogP contribution in [0.1, 0.15) is 26.2 Å². The van der Waals surface area contributed by atoms with Crippen molar-refractivity contribution in [2.45, 2.75) is 117 Å². The topological polar surface area (TPSA) is 339 Å². The van der Waals surface area contributed by atoms with E-state index in [9.17, 15) is 40.5 Å². The van der Waals surface area contributed by atoms with Crippen LogP contribution in [-0.4, -0.2) is 171 Å². The number of carbonyl (C=O) groups excluding carboxylic acids is 1. The summed E-state index contributed by atoms with van der Waals surface area (Å²) in [5.41, 5.74) is 19.5. The van der Waals surface area contributed by atoms with Gasteiger partial charge in [-0.2, -0.15) is 0 Å². The summed E-state index contributed by atoms with van der Waals surface area (Å²) in [6.45, 7) is 2.26. The highest BCUT2D eigenvalue weighted by Crippen LogP contribution is 2.41. The summed E-state index contributed by atoms with van der Waals surface area (Å²) in [6, 6.07) is -3.84. The van der Waals surface area contributed by atoms with Gasteiger partial charge in [0.25, 0.3) is 5.91 Å². The van der Waals surface area contributed by atoms with E-state index in [1.165, 1.54) is 14.0 Å². The smallest absolute Gasteiger partial charge is 0.254 e. The molecule has 16 atom stereocenters. The van der Waals surface area contributed by atoms with Crippen molar-refractivity contribution in [2.75, 3.05) is 33.3 Å². The number of hydrogen-bond donors (Lipinski definition) is 14. The largest absolute Gasteiger partial charge is 0.390 e. The van der Waals surface area contributed by atoms with Crippen LogP contribution < -0.4 is 38.9 Å². The Kier molecular flexibility index (Phi) is 11.9. The van der Waals surface area contributed by atoms with Crippen LogP contribution in [0.5, 0.6) is 0 Å². The van der Waals surface area contributed by atoms with Gasteiger partial charge in [0.15, 0.2) is 17.9 Å². The maximum absolute atomic E-state index is 13.2. The molecule has 4 fully saturated rings. The molecule has 3 unspecified atom stereocenters. The van der Waals surface area contributed by atoms with Gasteiger partial charge >= 0.3 is 0 Å². The molecule has 4 aliphatic rings. The van der Waals surface area contributed by atoms with Crippen LogP contribution in [0.3, 0.4) is 0 Å². The number of ether oxygens (including phenoxy) is 3. The van der Waals surface area contributed by atoms with E-state index in [0.717, 1.165) is 0 Å². The van der Waals surface area contributed by atoms with Gasteiger partial charge in [-0.05, 0) is 39.9 Å². The Balaban J connectivity index is 1.59. The predicted octanol–water partition coefficient (Wildman–Crippen LogP) is -7.81. The molecule has 0 aromatic heterocycles. The number of aliphatic imine (C=N–C) groups is 1. The molecular formula is C27H52N8O11. The minimum Gasteiger partial charge on any atom is -0.390 e. The Hall–Kier alpha value is -1.82. The van der Waals surface area contributed by atoms with Gasteiger partial charge in [-0.25, -0.2) is 4.99 Å². The van der Waals surface area contributed by atoms with Gasteiger partial charge in [-0.3, -0.25) is 4.79 Å². The number of nitrogens with one attached hydrogen (secondary N) is 3. The summed E-state index contributed by atoms with van der Waals surface area (Å²) < 4.78 is 17.8. The van der Waals surface area contributed by atoms with E-state index < -0.39 is 102 Å². The molecule has 2 heterocycles. The third-order valence-electron chi connectivity index (χ3n) is 9.52. The van der Waals surface area contributed by atoms with E-state index in [1.807, 2.05) is 0 Å². The lowest BCUT2D eigenvalue weighted by atomic mass is 9.72. The van der Waals surface area contributed by atoms with Gasteiger partial charge in [0.05, 0.1) is 43.0 Å². The third kappa shape index (κ3) is 7.57. The first-order valence-corrected chi connectivity index (χ1v) is 15.6. The van der Waals surface area contributed by atoms with Gasteiger partial charge < -0.3 is 88.8 Å². The number of carbonyl (C=O) groups is 1. The Morgan fingerprint density at radius 3 is 2.39 bits per heavy atom. The molecule has 18 N–H and O–H groups in total. The molecule has 4 rings (SSSR count). The van der Waals surface area contributed by atoms with E-state index in [1.54, 1.807) is 0 Å².